The lowest BCUT2D eigenvalue weighted by atomic mass is 10.3. The van der Waals surface area contributed by atoms with E-state index in [0.29, 0.717) is 10.8 Å². The summed E-state index contributed by atoms with van der Waals surface area (Å²) in [5.74, 6) is -0.536. The molecule has 0 saturated carbocycles. The highest BCUT2D eigenvalue weighted by Gasteiger charge is 2.11. The van der Waals surface area contributed by atoms with Crippen molar-refractivity contribution in [3.8, 4) is 0 Å². The number of thiazole rings is 1. The normalized spacial score (nSPS) is 10.2. The van der Waals surface area contributed by atoms with Crippen LogP contribution in [0.15, 0.2) is 35.8 Å². The molecule has 88 valence electrons. The Kier molecular flexibility index (Phi) is 3.34. The highest BCUT2D eigenvalue weighted by Crippen LogP contribution is 2.08. The summed E-state index contributed by atoms with van der Waals surface area (Å²) in [5.41, 5.74) is 6.21. The largest absolute Gasteiger partial charge is 0.332 e. The van der Waals surface area contributed by atoms with Gasteiger partial charge in [-0.15, -0.1) is 0 Å². The monoisotopic (exact) mass is 252 g/mol. The molecule has 1 amide bonds. The van der Waals surface area contributed by atoms with Crippen LogP contribution < -0.4 is 15.6 Å². The number of benzene rings is 1. The van der Waals surface area contributed by atoms with Crippen LogP contribution in [0.4, 0.5) is 15.2 Å². The summed E-state index contributed by atoms with van der Waals surface area (Å²) in [6.07, 6.45) is 1.74. The van der Waals surface area contributed by atoms with Gasteiger partial charge in [0.15, 0.2) is 6.54 Å². The molecule has 1 aromatic heterocycles. The topological polar surface area (TPSA) is 59.0 Å². The Morgan fingerprint density at radius 2 is 2.12 bits per heavy atom. The Labute approximate surface area is 102 Å². The fourth-order valence-corrected chi connectivity index (χ4v) is 1.94. The van der Waals surface area contributed by atoms with Crippen molar-refractivity contribution in [3.63, 3.8) is 0 Å². The van der Waals surface area contributed by atoms with Crippen molar-refractivity contribution in [2.45, 2.75) is 6.54 Å². The molecular formula is C11H11FN3OS+. The van der Waals surface area contributed by atoms with Crippen LogP contribution in [0.3, 0.4) is 0 Å². The number of nitrogen functional groups attached to an aromatic ring is 1. The molecule has 0 bridgehead atoms. The van der Waals surface area contributed by atoms with E-state index in [1.807, 2.05) is 0 Å². The molecule has 0 atom stereocenters. The fraction of sp³-hybridized carbons (Fsp3) is 0.0909. The number of carbonyl (C=O) groups excluding carboxylic acids is 1. The molecule has 17 heavy (non-hydrogen) atoms. The number of nitrogens with one attached hydrogen (secondary N) is 1. The second-order valence-electron chi connectivity index (χ2n) is 3.42. The van der Waals surface area contributed by atoms with Crippen LogP contribution in [-0.2, 0) is 11.3 Å². The first-order valence-electron chi connectivity index (χ1n) is 4.93. The quantitative estimate of drug-likeness (QED) is 0.811. The molecule has 1 heterocycles. The van der Waals surface area contributed by atoms with Gasteiger partial charge in [0.05, 0.1) is 0 Å². The molecule has 6 heteroatoms. The van der Waals surface area contributed by atoms with Crippen LogP contribution >= 0.6 is 11.3 Å². The number of carbonyl (C=O) groups is 1. The van der Waals surface area contributed by atoms with Crippen molar-refractivity contribution in [1.29, 1.82) is 0 Å². The van der Waals surface area contributed by atoms with Gasteiger partial charge in [-0.05, 0) is 24.3 Å². The average molecular weight is 252 g/mol. The lowest BCUT2D eigenvalue weighted by Crippen LogP contribution is -2.40. The van der Waals surface area contributed by atoms with E-state index < -0.39 is 0 Å². The fourth-order valence-electron chi connectivity index (χ4n) is 1.33. The molecule has 0 spiro atoms. The molecule has 0 fully saturated rings. The standard InChI is InChI=1S/C11H10FN3OS/c12-8-1-3-9(4-2-8)14-10(16)7-15-5-6-17-11(15)13/h1-6,13H,7H2,(H,14,16)/p+1. The Balaban J connectivity index is 1.98. The molecule has 2 rings (SSSR count). The van der Waals surface area contributed by atoms with Crippen molar-refractivity contribution < 1.29 is 13.8 Å². The predicted molar refractivity (Wildman–Crippen MR) is 64.0 cm³/mol. The van der Waals surface area contributed by atoms with E-state index in [2.05, 4.69) is 5.32 Å². The van der Waals surface area contributed by atoms with E-state index >= 15 is 0 Å². The zero-order valence-electron chi connectivity index (χ0n) is 8.89. The number of anilines is 2. The van der Waals surface area contributed by atoms with Crippen LogP contribution in [0, 0.1) is 5.82 Å². The summed E-state index contributed by atoms with van der Waals surface area (Å²) in [4.78, 5) is 11.6. The molecule has 0 aliphatic carbocycles. The van der Waals surface area contributed by atoms with E-state index in [1.54, 1.807) is 16.1 Å². The number of nitrogens with two attached hydrogens (primary N) is 1. The molecule has 0 aliphatic rings. The van der Waals surface area contributed by atoms with Gasteiger partial charge in [0.25, 0.3) is 5.91 Å². The van der Waals surface area contributed by atoms with Gasteiger partial charge in [-0.3, -0.25) is 10.5 Å². The van der Waals surface area contributed by atoms with Gasteiger partial charge in [-0.2, -0.15) is 0 Å². The maximum atomic E-state index is 12.7. The van der Waals surface area contributed by atoms with Crippen LogP contribution in [0.1, 0.15) is 0 Å². The van der Waals surface area contributed by atoms with E-state index in [1.165, 1.54) is 35.6 Å². The second-order valence-corrected chi connectivity index (χ2v) is 4.35. The third kappa shape index (κ3) is 3.01. The highest BCUT2D eigenvalue weighted by molar-refractivity contribution is 7.12. The SMILES string of the molecule is Nc1scc[n+]1CC(=O)Nc1ccc(F)cc1. The second kappa shape index (κ2) is 4.92. The molecule has 3 N–H and O–H groups in total. The molecular weight excluding hydrogens is 241 g/mol. The molecule has 0 saturated heterocycles. The van der Waals surface area contributed by atoms with E-state index in [-0.39, 0.29) is 18.3 Å². The average Bonchev–Trinajstić information content (AvgIpc) is 2.68. The van der Waals surface area contributed by atoms with Gasteiger partial charge in [0.2, 0.25) is 0 Å². The maximum Gasteiger partial charge on any atom is 0.332 e. The minimum Gasteiger partial charge on any atom is -0.323 e. The van der Waals surface area contributed by atoms with E-state index in [4.69, 9.17) is 5.73 Å². The number of hydrogen-bond acceptors (Lipinski definition) is 3. The van der Waals surface area contributed by atoms with Crippen LogP contribution in [0.25, 0.3) is 0 Å². The van der Waals surface area contributed by atoms with Gasteiger partial charge in [0, 0.05) is 11.1 Å². The first-order chi connectivity index (χ1) is 8.15. The summed E-state index contributed by atoms with van der Waals surface area (Å²) in [6, 6.07) is 5.60. The Hall–Kier alpha value is -1.95. The minimum absolute atomic E-state index is 0.146. The van der Waals surface area contributed by atoms with Crippen LogP contribution in [0.2, 0.25) is 0 Å². The molecule has 0 aliphatic heterocycles. The van der Waals surface area contributed by atoms with E-state index in [9.17, 15) is 9.18 Å². The van der Waals surface area contributed by atoms with Crippen molar-refractivity contribution in [2.24, 2.45) is 0 Å². The molecule has 1 aromatic carbocycles. The summed E-state index contributed by atoms with van der Waals surface area (Å²) < 4.78 is 14.3. The van der Waals surface area contributed by atoms with Crippen molar-refractivity contribution in [1.82, 2.24) is 0 Å². The van der Waals surface area contributed by atoms with Crippen molar-refractivity contribution in [3.05, 3.63) is 41.7 Å². The summed E-state index contributed by atoms with van der Waals surface area (Å²) in [5, 5.41) is 5.03. The smallest absolute Gasteiger partial charge is 0.323 e. The Morgan fingerprint density at radius 3 is 2.71 bits per heavy atom. The first kappa shape index (κ1) is 11.5. The maximum absolute atomic E-state index is 12.7. The number of hydrogen-bond donors (Lipinski definition) is 2. The summed E-state index contributed by atoms with van der Waals surface area (Å²) in [6.45, 7) is 0.146. The lowest BCUT2D eigenvalue weighted by Gasteiger charge is -2.03. The van der Waals surface area contributed by atoms with Crippen molar-refractivity contribution in [2.75, 3.05) is 11.1 Å². The highest BCUT2D eigenvalue weighted by atomic mass is 32.1. The molecule has 0 unspecified atom stereocenters. The first-order valence-corrected chi connectivity index (χ1v) is 5.81. The summed E-state index contributed by atoms with van der Waals surface area (Å²) >= 11 is 1.37. The molecule has 2 aromatic rings. The van der Waals surface area contributed by atoms with Gasteiger partial charge in [-0.25, -0.2) is 8.96 Å². The number of amides is 1. The summed E-state index contributed by atoms with van der Waals surface area (Å²) in [7, 11) is 0. The zero-order chi connectivity index (χ0) is 12.3. The molecule has 4 nitrogen and oxygen atoms in total. The Morgan fingerprint density at radius 1 is 1.41 bits per heavy atom. The van der Waals surface area contributed by atoms with Gasteiger partial charge < -0.3 is 5.32 Å². The molecule has 0 radical (unpaired) electrons. The van der Waals surface area contributed by atoms with Crippen LogP contribution in [0.5, 0.6) is 0 Å². The minimum atomic E-state index is -0.334. The van der Waals surface area contributed by atoms with Crippen molar-refractivity contribution >= 4 is 28.1 Å². The lowest BCUT2D eigenvalue weighted by molar-refractivity contribution is -0.665. The van der Waals surface area contributed by atoms with Gasteiger partial charge in [0.1, 0.15) is 12.0 Å². The number of aromatic nitrogens is 1. The third-order valence-electron chi connectivity index (χ3n) is 2.15. The van der Waals surface area contributed by atoms with Crippen LogP contribution in [-0.4, -0.2) is 5.91 Å². The van der Waals surface area contributed by atoms with Gasteiger partial charge in [-0.1, -0.05) is 11.3 Å². The van der Waals surface area contributed by atoms with Gasteiger partial charge >= 0.3 is 5.13 Å². The predicted octanol–water partition coefficient (Wildman–Crippen LogP) is 1.40. The zero-order valence-corrected chi connectivity index (χ0v) is 9.71. The van der Waals surface area contributed by atoms with E-state index in [0.717, 1.165) is 0 Å². The number of nitrogens with zero attached hydrogens (tertiary/aromatic N) is 1. The number of halogens is 1. The third-order valence-corrected chi connectivity index (χ3v) is 2.89. The Bertz CT molecular complexity index is 524. The number of rotatable bonds is 3.